The van der Waals surface area contributed by atoms with Gasteiger partial charge in [0.2, 0.25) is 0 Å². The van der Waals surface area contributed by atoms with E-state index in [0.29, 0.717) is 10.9 Å². The van der Waals surface area contributed by atoms with Gasteiger partial charge in [0, 0.05) is 21.7 Å². The molecule has 0 amide bonds. The van der Waals surface area contributed by atoms with E-state index < -0.39 is 0 Å². The van der Waals surface area contributed by atoms with E-state index in [0.717, 1.165) is 27.4 Å². The Morgan fingerprint density at radius 3 is 2.73 bits per heavy atom. The monoisotopic (exact) mass is 377 g/mol. The van der Waals surface area contributed by atoms with Gasteiger partial charge < -0.3 is 4.42 Å². The van der Waals surface area contributed by atoms with E-state index in [1.54, 1.807) is 17.4 Å². The molecule has 0 unspecified atom stereocenters. The largest absolute Gasteiger partial charge is 0.454 e. The van der Waals surface area contributed by atoms with Gasteiger partial charge in [-0.3, -0.25) is 4.79 Å². The number of carbonyl (C=O) groups excluding carboxylic acids is 1. The minimum absolute atomic E-state index is 0.0240. The van der Waals surface area contributed by atoms with Gasteiger partial charge in [-0.1, -0.05) is 36.7 Å². The van der Waals surface area contributed by atoms with Crippen molar-refractivity contribution >= 4 is 44.0 Å². The first kappa shape index (κ1) is 15.4. The summed E-state index contributed by atoms with van der Waals surface area (Å²) in [5.41, 5.74) is 2.54. The number of alkyl halides is 1. The maximum Gasteiger partial charge on any atom is 0.173 e. The first-order valence-corrected chi connectivity index (χ1v) is 8.98. The topological polar surface area (TPSA) is 43.1 Å². The molecule has 0 aliphatic rings. The lowest BCUT2D eigenvalue weighted by molar-refractivity contribution is 0.102. The van der Waals surface area contributed by atoms with E-state index in [1.807, 2.05) is 18.2 Å². The Morgan fingerprint density at radius 1 is 1.32 bits per heavy atom. The second kappa shape index (κ2) is 5.63. The summed E-state index contributed by atoms with van der Waals surface area (Å²) in [5.74, 6) is 0.813. The number of hydrogen-bond acceptors (Lipinski definition) is 4. The van der Waals surface area contributed by atoms with Gasteiger partial charge in [0.1, 0.15) is 5.58 Å². The van der Waals surface area contributed by atoms with Gasteiger partial charge in [0.05, 0.1) is 11.0 Å². The summed E-state index contributed by atoms with van der Waals surface area (Å²) in [5, 5.41) is 4.19. The molecule has 3 rings (SSSR count). The van der Waals surface area contributed by atoms with Crippen LogP contribution in [0, 0.1) is 0 Å². The zero-order chi connectivity index (χ0) is 15.9. The summed E-state index contributed by atoms with van der Waals surface area (Å²) in [6, 6.07) is 7.45. The minimum atomic E-state index is 0.0240. The molecular weight excluding hydrogens is 362 g/mol. The van der Waals surface area contributed by atoms with Crippen LogP contribution in [0.5, 0.6) is 0 Å². The number of carbonyl (C=O) groups is 1. The molecule has 0 radical (unpaired) electrons. The molecule has 0 N–H and O–H groups in total. The van der Waals surface area contributed by atoms with Crippen molar-refractivity contribution in [1.29, 1.82) is 0 Å². The van der Waals surface area contributed by atoms with E-state index in [4.69, 9.17) is 4.42 Å². The summed E-state index contributed by atoms with van der Waals surface area (Å²) in [4.78, 5) is 16.4. The van der Waals surface area contributed by atoms with E-state index in [1.165, 1.54) is 0 Å². The van der Waals surface area contributed by atoms with Crippen molar-refractivity contribution in [3.05, 3.63) is 40.9 Å². The molecule has 0 saturated heterocycles. The minimum Gasteiger partial charge on any atom is -0.454 e. The smallest absolute Gasteiger partial charge is 0.173 e. The molecule has 2 heterocycles. The normalized spacial score (nSPS) is 12.0. The van der Waals surface area contributed by atoms with Gasteiger partial charge in [0.15, 0.2) is 16.6 Å². The van der Waals surface area contributed by atoms with Crippen molar-refractivity contribution in [2.75, 3.05) is 5.33 Å². The van der Waals surface area contributed by atoms with E-state index in [-0.39, 0.29) is 11.2 Å². The van der Waals surface area contributed by atoms with Crippen LogP contribution < -0.4 is 0 Å². The first-order valence-electron chi connectivity index (χ1n) is 6.97. The molecule has 0 fully saturated rings. The Balaban J connectivity index is 2.01. The number of halogens is 1. The van der Waals surface area contributed by atoms with Gasteiger partial charge in [0.25, 0.3) is 0 Å². The SMILES string of the molecule is CC(C)(C)c1csc(-c2cc3cc(C(=O)CBr)ccc3o2)n1. The van der Waals surface area contributed by atoms with Crippen molar-refractivity contribution in [2.24, 2.45) is 0 Å². The van der Waals surface area contributed by atoms with Gasteiger partial charge in [-0.15, -0.1) is 11.3 Å². The molecule has 0 aliphatic heterocycles. The lowest BCUT2D eigenvalue weighted by Gasteiger charge is -2.13. The fraction of sp³-hybridized carbons (Fsp3) is 0.294. The molecule has 0 saturated carbocycles. The highest BCUT2D eigenvalue weighted by molar-refractivity contribution is 9.09. The zero-order valence-corrected chi connectivity index (χ0v) is 15.0. The van der Waals surface area contributed by atoms with Crippen molar-refractivity contribution in [1.82, 2.24) is 4.98 Å². The highest BCUT2D eigenvalue weighted by Crippen LogP contribution is 2.33. The summed E-state index contributed by atoms with van der Waals surface area (Å²) >= 11 is 4.78. The molecule has 0 spiro atoms. The van der Waals surface area contributed by atoms with Gasteiger partial charge in [-0.25, -0.2) is 4.98 Å². The number of benzene rings is 1. The zero-order valence-electron chi connectivity index (χ0n) is 12.6. The quantitative estimate of drug-likeness (QED) is 0.451. The molecule has 114 valence electrons. The highest BCUT2D eigenvalue weighted by atomic mass is 79.9. The third-order valence-corrected chi connectivity index (χ3v) is 4.81. The van der Waals surface area contributed by atoms with Crippen LogP contribution in [0.3, 0.4) is 0 Å². The molecule has 5 heteroatoms. The number of hydrogen-bond donors (Lipinski definition) is 0. The van der Waals surface area contributed by atoms with Crippen LogP contribution in [0.25, 0.3) is 21.7 Å². The van der Waals surface area contributed by atoms with Gasteiger partial charge in [-0.05, 0) is 24.3 Å². The maximum absolute atomic E-state index is 11.8. The second-order valence-electron chi connectivity index (χ2n) is 6.21. The van der Waals surface area contributed by atoms with E-state index in [2.05, 4.69) is 47.1 Å². The number of rotatable bonds is 3. The standard InChI is InChI=1S/C17H16BrNO2S/c1-17(2,3)15-9-22-16(19-15)14-7-11-6-10(12(20)8-18)4-5-13(11)21-14/h4-7,9H,8H2,1-3H3. The summed E-state index contributed by atoms with van der Waals surface area (Å²) in [6.45, 7) is 6.42. The average molecular weight is 378 g/mol. The Bertz CT molecular complexity index is 842. The van der Waals surface area contributed by atoms with E-state index >= 15 is 0 Å². The van der Waals surface area contributed by atoms with Crippen molar-refractivity contribution in [3.8, 4) is 10.8 Å². The lowest BCUT2D eigenvalue weighted by Crippen LogP contribution is -2.11. The summed E-state index contributed by atoms with van der Waals surface area (Å²) in [6.07, 6.45) is 0. The van der Waals surface area contributed by atoms with Crippen LogP contribution in [0.1, 0.15) is 36.8 Å². The highest BCUT2D eigenvalue weighted by Gasteiger charge is 2.19. The molecule has 22 heavy (non-hydrogen) atoms. The molecule has 1 aromatic carbocycles. The number of fused-ring (bicyclic) bond motifs is 1. The third-order valence-electron chi connectivity index (χ3n) is 3.44. The molecule has 0 bridgehead atoms. The average Bonchev–Trinajstić information content (AvgIpc) is 3.11. The lowest BCUT2D eigenvalue weighted by atomic mass is 9.93. The number of thiazole rings is 1. The Morgan fingerprint density at radius 2 is 2.09 bits per heavy atom. The van der Waals surface area contributed by atoms with Crippen molar-refractivity contribution < 1.29 is 9.21 Å². The van der Waals surface area contributed by atoms with Crippen molar-refractivity contribution in [2.45, 2.75) is 26.2 Å². The Kier molecular flexibility index (Phi) is 3.95. The fourth-order valence-electron chi connectivity index (χ4n) is 2.13. The van der Waals surface area contributed by atoms with Crippen LogP contribution in [-0.2, 0) is 5.41 Å². The number of ketones is 1. The number of furan rings is 1. The predicted octanol–water partition coefficient (Wildman–Crippen LogP) is 5.43. The number of Topliss-reactive ketones (excluding diaryl/α,β-unsaturated/α-hetero) is 1. The second-order valence-corrected chi connectivity index (χ2v) is 7.63. The van der Waals surface area contributed by atoms with Crippen LogP contribution in [0.2, 0.25) is 0 Å². The number of aromatic nitrogens is 1. The fourth-order valence-corrected chi connectivity index (χ4v) is 3.45. The molecule has 3 nitrogen and oxygen atoms in total. The van der Waals surface area contributed by atoms with Crippen LogP contribution in [0.4, 0.5) is 0 Å². The first-order chi connectivity index (χ1) is 10.4. The Hall–Kier alpha value is -1.46. The Labute approximate surface area is 141 Å². The molecule has 0 atom stereocenters. The summed E-state index contributed by atoms with van der Waals surface area (Å²) in [7, 11) is 0. The van der Waals surface area contributed by atoms with Gasteiger partial charge in [-0.2, -0.15) is 0 Å². The van der Waals surface area contributed by atoms with E-state index in [9.17, 15) is 4.79 Å². The molecular formula is C17H16BrNO2S. The van der Waals surface area contributed by atoms with Crippen LogP contribution >= 0.6 is 27.3 Å². The van der Waals surface area contributed by atoms with Crippen LogP contribution in [-0.4, -0.2) is 16.1 Å². The van der Waals surface area contributed by atoms with Crippen molar-refractivity contribution in [3.63, 3.8) is 0 Å². The summed E-state index contributed by atoms with van der Waals surface area (Å²) < 4.78 is 5.87. The predicted molar refractivity (Wildman–Crippen MR) is 94.1 cm³/mol. The molecule has 0 aliphatic carbocycles. The molecule has 3 aromatic rings. The molecule has 2 aromatic heterocycles. The van der Waals surface area contributed by atoms with Crippen LogP contribution in [0.15, 0.2) is 34.1 Å². The maximum atomic E-state index is 11.8. The third kappa shape index (κ3) is 2.88. The number of nitrogens with zero attached hydrogens (tertiary/aromatic N) is 1. The van der Waals surface area contributed by atoms with Gasteiger partial charge >= 0.3 is 0 Å².